The van der Waals surface area contributed by atoms with Gasteiger partial charge in [-0.15, -0.1) is 12.6 Å². The molecule has 1 amide bonds. The standard InChI is InChI=1S/C14H19BrN2O2S/c1-16(2)7-9-5-10(18)8-17(9)14(19)12-6-11(20)3-4-13(12)15/h3-4,6,9-10,18,20H,5,7-8H2,1-2H3. The van der Waals surface area contributed by atoms with E-state index in [0.29, 0.717) is 18.5 Å². The highest BCUT2D eigenvalue weighted by Gasteiger charge is 2.35. The third-order valence-corrected chi connectivity index (χ3v) is 4.38. The van der Waals surface area contributed by atoms with Gasteiger partial charge in [0.2, 0.25) is 0 Å². The molecule has 1 heterocycles. The van der Waals surface area contributed by atoms with Crippen LogP contribution >= 0.6 is 28.6 Å². The lowest BCUT2D eigenvalue weighted by molar-refractivity contribution is 0.0698. The molecule has 20 heavy (non-hydrogen) atoms. The van der Waals surface area contributed by atoms with Crippen LogP contribution in [0.5, 0.6) is 0 Å². The largest absolute Gasteiger partial charge is 0.391 e. The molecule has 0 saturated carbocycles. The molecule has 1 aliphatic heterocycles. The average molecular weight is 359 g/mol. The molecule has 1 aromatic rings. The molecular weight excluding hydrogens is 340 g/mol. The van der Waals surface area contributed by atoms with Crippen LogP contribution in [-0.4, -0.2) is 60.1 Å². The summed E-state index contributed by atoms with van der Waals surface area (Å²) in [4.78, 5) is 17.2. The Morgan fingerprint density at radius 3 is 2.90 bits per heavy atom. The fraction of sp³-hybridized carbons (Fsp3) is 0.500. The molecule has 0 bridgehead atoms. The van der Waals surface area contributed by atoms with Gasteiger partial charge in [-0.3, -0.25) is 4.79 Å². The first-order chi connectivity index (χ1) is 9.38. The third-order valence-electron chi connectivity index (χ3n) is 3.41. The van der Waals surface area contributed by atoms with Gasteiger partial charge in [0, 0.05) is 28.5 Å². The molecule has 6 heteroatoms. The van der Waals surface area contributed by atoms with E-state index in [9.17, 15) is 9.90 Å². The van der Waals surface area contributed by atoms with Crippen LogP contribution in [0.1, 0.15) is 16.8 Å². The number of aliphatic hydroxyl groups excluding tert-OH is 1. The highest BCUT2D eigenvalue weighted by Crippen LogP contribution is 2.26. The van der Waals surface area contributed by atoms with Crippen LogP contribution in [0.2, 0.25) is 0 Å². The van der Waals surface area contributed by atoms with Crippen molar-refractivity contribution >= 4 is 34.5 Å². The van der Waals surface area contributed by atoms with Crippen molar-refractivity contribution in [2.24, 2.45) is 0 Å². The SMILES string of the molecule is CN(C)CC1CC(O)CN1C(=O)c1cc(S)ccc1Br. The molecule has 0 aromatic heterocycles. The van der Waals surface area contributed by atoms with Gasteiger partial charge in [0.05, 0.1) is 11.7 Å². The molecule has 1 aromatic carbocycles. The smallest absolute Gasteiger partial charge is 0.255 e. The Kier molecular flexibility index (Phi) is 5.12. The van der Waals surface area contributed by atoms with Crippen molar-refractivity contribution in [2.45, 2.75) is 23.5 Å². The molecular formula is C14H19BrN2O2S. The van der Waals surface area contributed by atoms with Crippen molar-refractivity contribution < 1.29 is 9.90 Å². The number of aliphatic hydroxyl groups is 1. The van der Waals surface area contributed by atoms with E-state index in [-0.39, 0.29) is 11.9 Å². The summed E-state index contributed by atoms with van der Waals surface area (Å²) in [6.45, 7) is 1.14. The number of benzene rings is 1. The quantitative estimate of drug-likeness (QED) is 0.810. The number of carbonyl (C=O) groups is 1. The topological polar surface area (TPSA) is 43.8 Å². The average Bonchev–Trinajstić information content (AvgIpc) is 2.71. The highest BCUT2D eigenvalue weighted by molar-refractivity contribution is 9.10. The fourth-order valence-electron chi connectivity index (χ4n) is 2.57. The zero-order chi connectivity index (χ0) is 14.9. The number of amides is 1. The van der Waals surface area contributed by atoms with E-state index in [4.69, 9.17) is 0 Å². The van der Waals surface area contributed by atoms with Gasteiger partial charge in [-0.25, -0.2) is 0 Å². The Hall–Kier alpha value is -0.560. The van der Waals surface area contributed by atoms with Gasteiger partial charge in [-0.05, 0) is 54.6 Å². The maximum atomic E-state index is 12.7. The number of nitrogens with zero attached hydrogens (tertiary/aromatic N) is 2. The number of carbonyl (C=O) groups excluding carboxylic acids is 1. The Balaban J connectivity index is 2.24. The lowest BCUT2D eigenvalue weighted by atomic mass is 10.1. The second-order valence-electron chi connectivity index (χ2n) is 5.43. The van der Waals surface area contributed by atoms with Crippen LogP contribution in [0.25, 0.3) is 0 Å². The van der Waals surface area contributed by atoms with E-state index in [1.54, 1.807) is 11.0 Å². The van der Waals surface area contributed by atoms with Crippen LogP contribution in [0.4, 0.5) is 0 Å². The van der Waals surface area contributed by atoms with Gasteiger partial charge in [-0.2, -0.15) is 0 Å². The molecule has 4 nitrogen and oxygen atoms in total. The van der Waals surface area contributed by atoms with E-state index >= 15 is 0 Å². The molecule has 1 aliphatic rings. The molecule has 2 atom stereocenters. The van der Waals surface area contributed by atoms with E-state index in [0.717, 1.165) is 15.9 Å². The maximum absolute atomic E-state index is 12.7. The summed E-state index contributed by atoms with van der Waals surface area (Å²) in [5, 5.41) is 9.86. The van der Waals surface area contributed by atoms with E-state index in [1.165, 1.54) is 0 Å². The first-order valence-corrected chi connectivity index (χ1v) is 7.74. The Morgan fingerprint density at radius 1 is 1.55 bits per heavy atom. The van der Waals surface area contributed by atoms with E-state index in [1.807, 2.05) is 31.1 Å². The lowest BCUT2D eigenvalue weighted by Crippen LogP contribution is -2.41. The van der Waals surface area contributed by atoms with Gasteiger partial charge >= 0.3 is 0 Å². The van der Waals surface area contributed by atoms with Gasteiger partial charge in [0.25, 0.3) is 5.91 Å². The molecule has 0 aliphatic carbocycles. The van der Waals surface area contributed by atoms with Crippen LogP contribution in [0.15, 0.2) is 27.6 Å². The number of rotatable bonds is 3. The third kappa shape index (κ3) is 3.55. The number of halogens is 1. The van der Waals surface area contributed by atoms with Gasteiger partial charge in [0.15, 0.2) is 0 Å². The zero-order valence-electron chi connectivity index (χ0n) is 11.6. The minimum absolute atomic E-state index is 0.0444. The minimum Gasteiger partial charge on any atom is -0.391 e. The summed E-state index contributed by atoms with van der Waals surface area (Å²) >= 11 is 7.69. The van der Waals surface area contributed by atoms with Crippen LogP contribution < -0.4 is 0 Å². The first kappa shape index (κ1) is 15.8. The second kappa shape index (κ2) is 6.47. The first-order valence-electron chi connectivity index (χ1n) is 6.50. The van der Waals surface area contributed by atoms with E-state index < -0.39 is 6.10 Å². The van der Waals surface area contributed by atoms with Crippen molar-refractivity contribution in [3.05, 3.63) is 28.2 Å². The van der Waals surface area contributed by atoms with Crippen molar-refractivity contribution in [2.75, 3.05) is 27.2 Å². The molecule has 1 saturated heterocycles. The van der Waals surface area contributed by atoms with Crippen molar-refractivity contribution in [3.63, 3.8) is 0 Å². The number of thiol groups is 1. The summed E-state index contributed by atoms with van der Waals surface area (Å²) in [5.41, 5.74) is 0.593. The molecule has 1 fully saturated rings. The molecule has 0 radical (unpaired) electrons. The van der Waals surface area contributed by atoms with Crippen LogP contribution in [-0.2, 0) is 0 Å². The van der Waals surface area contributed by atoms with Gasteiger partial charge in [0.1, 0.15) is 0 Å². The second-order valence-corrected chi connectivity index (χ2v) is 6.80. The minimum atomic E-state index is -0.443. The summed E-state index contributed by atoms with van der Waals surface area (Å²) in [6, 6.07) is 5.46. The molecule has 0 spiro atoms. The van der Waals surface area contributed by atoms with Crippen LogP contribution in [0, 0.1) is 0 Å². The number of likely N-dealkylation sites (tertiary alicyclic amines) is 1. The zero-order valence-corrected chi connectivity index (χ0v) is 14.1. The fourth-order valence-corrected chi connectivity index (χ4v) is 3.19. The summed E-state index contributed by atoms with van der Waals surface area (Å²) in [7, 11) is 3.94. The van der Waals surface area contributed by atoms with Gasteiger partial charge < -0.3 is 14.9 Å². The summed E-state index contributed by atoms with van der Waals surface area (Å²) in [6.07, 6.45) is 0.184. The molecule has 2 unspecified atom stereocenters. The van der Waals surface area contributed by atoms with E-state index in [2.05, 4.69) is 28.6 Å². The summed E-state index contributed by atoms with van der Waals surface area (Å²) in [5.74, 6) is -0.0591. The number of hydrogen-bond donors (Lipinski definition) is 2. The Labute approximate surface area is 133 Å². The molecule has 110 valence electrons. The van der Waals surface area contributed by atoms with Crippen molar-refractivity contribution in [3.8, 4) is 0 Å². The van der Waals surface area contributed by atoms with Gasteiger partial charge in [-0.1, -0.05) is 0 Å². The number of likely N-dealkylation sites (N-methyl/N-ethyl adjacent to an activating group) is 1. The number of β-amino-alcohol motifs (C(OH)–C–C–N with tert-alkyl or cyclic N) is 1. The molecule has 2 rings (SSSR count). The van der Waals surface area contributed by atoms with Crippen LogP contribution in [0.3, 0.4) is 0 Å². The lowest BCUT2D eigenvalue weighted by Gasteiger charge is -2.27. The molecule has 1 N–H and O–H groups in total. The Morgan fingerprint density at radius 2 is 2.25 bits per heavy atom. The van der Waals surface area contributed by atoms with Crippen molar-refractivity contribution in [1.29, 1.82) is 0 Å². The van der Waals surface area contributed by atoms with Crippen molar-refractivity contribution in [1.82, 2.24) is 9.80 Å². The Bertz CT molecular complexity index is 510. The maximum Gasteiger partial charge on any atom is 0.255 e. The highest BCUT2D eigenvalue weighted by atomic mass is 79.9. The summed E-state index contributed by atoms with van der Waals surface area (Å²) < 4.78 is 0.755. The number of hydrogen-bond acceptors (Lipinski definition) is 4. The normalized spacial score (nSPS) is 22.6. The predicted molar refractivity (Wildman–Crippen MR) is 85.4 cm³/mol. The monoisotopic (exact) mass is 358 g/mol. The predicted octanol–water partition coefficient (Wildman–Crippen LogP) is 1.87.